The first-order valence-corrected chi connectivity index (χ1v) is 11.9. The van der Waals surface area contributed by atoms with Crippen LogP contribution in [0.25, 0.3) is 0 Å². The minimum atomic E-state index is -5.08. The molecule has 2 aliphatic heterocycles. The summed E-state index contributed by atoms with van der Waals surface area (Å²) in [5.74, 6) is -8.01. The Morgan fingerprint density at radius 1 is 0.773 bits per heavy atom. The number of likely N-dealkylation sites (tertiary alicyclic amines) is 2. The Bertz CT molecular complexity index is 1190. The van der Waals surface area contributed by atoms with E-state index in [2.05, 4.69) is 20.9 Å². The van der Waals surface area contributed by atoms with Crippen LogP contribution in [0.3, 0.4) is 0 Å². The lowest BCUT2D eigenvalue weighted by Crippen LogP contribution is -2.36. The predicted octanol–water partition coefficient (Wildman–Crippen LogP) is 3.75. The number of amides is 1. The molecule has 1 amide bonds. The number of carboxylic acid groups (broad SMARTS) is 3. The molecule has 44 heavy (non-hydrogen) atoms. The molecule has 4 heterocycles. The lowest BCUT2D eigenvalue weighted by molar-refractivity contribution is -0.193. The number of pyridine rings is 2. The molecular weight excluding hydrogens is 627 g/mol. The van der Waals surface area contributed by atoms with Gasteiger partial charge < -0.3 is 20.2 Å². The molecule has 2 aromatic heterocycles. The fraction of sp³-hybridized carbons (Fsp3) is 0.417. The highest BCUT2D eigenvalue weighted by Gasteiger charge is 2.46. The van der Waals surface area contributed by atoms with Crippen molar-refractivity contribution in [1.29, 1.82) is 0 Å². The first-order chi connectivity index (χ1) is 20.1. The number of nitrogens with zero attached hydrogens (tertiary/aromatic N) is 4. The summed E-state index contributed by atoms with van der Waals surface area (Å²) in [6, 6.07) is 10.6. The van der Waals surface area contributed by atoms with Crippen LogP contribution in [0.1, 0.15) is 24.1 Å². The van der Waals surface area contributed by atoms with Crippen molar-refractivity contribution in [2.75, 3.05) is 6.54 Å². The van der Waals surface area contributed by atoms with Crippen LogP contribution in [0.15, 0.2) is 48.9 Å². The zero-order valence-electron chi connectivity index (χ0n) is 22.0. The van der Waals surface area contributed by atoms with Crippen molar-refractivity contribution in [1.82, 2.24) is 19.8 Å². The molecule has 2 saturated heterocycles. The molecule has 2 atom stereocenters. The van der Waals surface area contributed by atoms with Crippen LogP contribution >= 0.6 is 0 Å². The van der Waals surface area contributed by atoms with Gasteiger partial charge in [-0.2, -0.15) is 39.5 Å². The molecule has 0 aliphatic carbocycles. The minimum absolute atomic E-state index is 0.259. The van der Waals surface area contributed by atoms with E-state index in [-0.39, 0.29) is 5.91 Å². The van der Waals surface area contributed by atoms with E-state index in [0.29, 0.717) is 25.0 Å². The first kappa shape index (κ1) is 37.5. The van der Waals surface area contributed by atoms with Crippen molar-refractivity contribution < 1.29 is 74.0 Å². The van der Waals surface area contributed by atoms with E-state index in [9.17, 15) is 44.3 Å². The Balaban J connectivity index is 0.000000379. The number of aliphatic carboxylic acids is 3. The van der Waals surface area contributed by atoms with Gasteiger partial charge in [-0.1, -0.05) is 12.1 Å². The van der Waals surface area contributed by atoms with E-state index in [0.717, 1.165) is 30.8 Å². The van der Waals surface area contributed by atoms with E-state index >= 15 is 0 Å². The predicted molar refractivity (Wildman–Crippen MR) is 127 cm³/mol. The molecule has 0 spiro atoms. The Labute approximate surface area is 241 Å². The largest absolute Gasteiger partial charge is 0.490 e. The highest BCUT2D eigenvalue weighted by atomic mass is 19.4. The molecule has 2 fully saturated rings. The first-order valence-electron chi connectivity index (χ1n) is 11.9. The van der Waals surface area contributed by atoms with Gasteiger partial charge in [0.05, 0.1) is 5.69 Å². The molecular formula is C24H23F9N4O7. The van der Waals surface area contributed by atoms with E-state index < -0.39 is 36.4 Å². The third-order valence-corrected chi connectivity index (χ3v) is 5.62. The standard InChI is InChI=1S/C18H20N4O.3C2HF3O2/c23-18-10-17-16(22(18)12-14-4-3-7-19-11-14)6-9-21(17)13-15-5-1-2-8-20-15;3*3-2(4,5)1(6)7/h1-5,7-8,11,16-17H,6,9-10,12-13H2;3*(H,6,7)/t16-,17+;;;/m1.../s1. The number of halogens is 9. The molecule has 20 heteroatoms. The van der Waals surface area contributed by atoms with E-state index in [4.69, 9.17) is 29.7 Å². The zero-order chi connectivity index (χ0) is 33.9. The SMILES string of the molecule is O=C(O)C(F)(F)F.O=C(O)C(F)(F)F.O=C(O)C(F)(F)F.O=C1C[C@H]2[C@@H](CCN2Cc2ccccn2)N1Cc1cccnc1. The quantitative estimate of drug-likeness (QED) is 0.416. The minimum Gasteiger partial charge on any atom is -0.475 e. The zero-order valence-corrected chi connectivity index (χ0v) is 22.0. The van der Waals surface area contributed by atoms with Crippen LogP contribution in [0.5, 0.6) is 0 Å². The fourth-order valence-electron chi connectivity index (χ4n) is 3.80. The smallest absolute Gasteiger partial charge is 0.475 e. The Hall–Kier alpha value is -4.49. The number of hydrogen-bond acceptors (Lipinski definition) is 7. The summed E-state index contributed by atoms with van der Waals surface area (Å²) in [7, 11) is 0. The lowest BCUT2D eigenvalue weighted by Gasteiger charge is -2.25. The third kappa shape index (κ3) is 12.8. The Morgan fingerprint density at radius 2 is 1.30 bits per heavy atom. The van der Waals surface area contributed by atoms with Crippen molar-refractivity contribution in [2.45, 2.75) is 56.5 Å². The van der Waals surface area contributed by atoms with Crippen LogP contribution in [-0.4, -0.2) is 96.1 Å². The van der Waals surface area contributed by atoms with Crippen molar-refractivity contribution in [2.24, 2.45) is 0 Å². The van der Waals surface area contributed by atoms with Crippen LogP contribution < -0.4 is 0 Å². The summed E-state index contributed by atoms with van der Waals surface area (Å²) in [5.41, 5.74) is 2.18. The van der Waals surface area contributed by atoms with Gasteiger partial charge in [0.1, 0.15) is 0 Å². The van der Waals surface area contributed by atoms with Crippen LogP contribution in [0, 0.1) is 0 Å². The number of hydrogen-bond donors (Lipinski definition) is 3. The maximum Gasteiger partial charge on any atom is 0.490 e. The second-order valence-corrected chi connectivity index (χ2v) is 8.71. The molecule has 0 bridgehead atoms. The number of aromatic nitrogens is 2. The van der Waals surface area contributed by atoms with Crippen molar-refractivity contribution in [3.8, 4) is 0 Å². The van der Waals surface area contributed by atoms with Gasteiger partial charge in [0.25, 0.3) is 0 Å². The average Bonchev–Trinajstić information content (AvgIpc) is 3.43. The maximum absolute atomic E-state index is 12.5. The molecule has 2 aliphatic rings. The third-order valence-electron chi connectivity index (χ3n) is 5.62. The highest BCUT2D eigenvalue weighted by molar-refractivity contribution is 5.80. The van der Waals surface area contributed by atoms with E-state index in [1.807, 2.05) is 41.6 Å². The fourth-order valence-corrected chi connectivity index (χ4v) is 3.80. The second kappa shape index (κ2) is 15.8. The molecule has 0 aromatic carbocycles. The van der Waals surface area contributed by atoms with Gasteiger partial charge in [-0.25, -0.2) is 14.4 Å². The average molecular weight is 650 g/mol. The molecule has 2 aromatic rings. The monoisotopic (exact) mass is 650 g/mol. The van der Waals surface area contributed by atoms with Crippen molar-refractivity contribution >= 4 is 23.8 Å². The molecule has 4 rings (SSSR count). The summed E-state index contributed by atoms with van der Waals surface area (Å²) in [6.45, 7) is 2.53. The second-order valence-electron chi connectivity index (χ2n) is 8.71. The van der Waals surface area contributed by atoms with E-state index in [1.165, 1.54) is 0 Å². The highest BCUT2D eigenvalue weighted by Crippen LogP contribution is 2.34. The summed E-state index contributed by atoms with van der Waals surface area (Å²) in [6.07, 6.45) is -8.14. The maximum atomic E-state index is 12.5. The summed E-state index contributed by atoms with van der Waals surface area (Å²) >= 11 is 0. The number of carbonyl (C=O) groups is 4. The molecule has 0 unspecified atom stereocenters. The van der Waals surface area contributed by atoms with Crippen LogP contribution in [-0.2, 0) is 32.3 Å². The van der Waals surface area contributed by atoms with Gasteiger partial charge in [0, 0.05) is 56.7 Å². The van der Waals surface area contributed by atoms with Gasteiger partial charge in [0.2, 0.25) is 5.91 Å². The Morgan fingerprint density at radius 3 is 1.70 bits per heavy atom. The number of fused-ring (bicyclic) bond motifs is 1. The molecule has 0 saturated carbocycles. The molecule has 0 radical (unpaired) electrons. The van der Waals surface area contributed by atoms with Gasteiger partial charge in [0.15, 0.2) is 0 Å². The topological polar surface area (TPSA) is 161 Å². The number of rotatable bonds is 4. The molecule has 244 valence electrons. The number of carboxylic acids is 3. The van der Waals surface area contributed by atoms with E-state index in [1.54, 1.807) is 6.20 Å². The number of alkyl halides is 9. The molecule has 3 N–H and O–H groups in total. The van der Waals surface area contributed by atoms with Gasteiger partial charge in [-0.05, 0) is 30.2 Å². The summed E-state index contributed by atoms with van der Waals surface area (Å²) < 4.78 is 95.2. The van der Waals surface area contributed by atoms with Crippen molar-refractivity contribution in [3.05, 3.63) is 60.2 Å². The molecule has 11 nitrogen and oxygen atoms in total. The van der Waals surface area contributed by atoms with Crippen LogP contribution in [0.4, 0.5) is 39.5 Å². The van der Waals surface area contributed by atoms with Gasteiger partial charge >= 0.3 is 36.4 Å². The van der Waals surface area contributed by atoms with Crippen LogP contribution in [0.2, 0.25) is 0 Å². The van der Waals surface area contributed by atoms with Crippen molar-refractivity contribution in [3.63, 3.8) is 0 Å². The number of carbonyl (C=O) groups excluding carboxylic acids is 1. The lowest BCUT2D eigenvalue weighted by atomic mass is 10.1. The Kier molecular flexibility index (Phi) is 13.5. The van der Waals surface area contributed by atoms with Gasteiger partial charge in [-0.3, -0.25) is 19.7 Å². The normalized spacial score (nSPS) is 18.0. The summed E-state index contributed by atoms with van der Waals surface area (Å²) in [4.78, 5) is 52.2. The van der Waals surface area contributed by atoms with Gasteiger partial charge in [-0.15, -0.1) is 0 Å². The summed E-state index contributed by atoms with van der Waals surface area (Å²) in [5, 5.41) is 21.4.